The molecule has 0 spiro atoms. The number of amides is 1. The van der Waals surface area contributed by atoms with Gasteiger partial charge in [0, 0.05) is 30.5 Å². The number of thiophene rings is 1. The van der Waals surface area contributed by atoms with E-state index in [-0.39, 0.29) is 27.9 Å². The van der Waals surface area contributed by atoms with E-state index in [0.29, 0.717) is 13.1 Å². The number of hydrogen-bond acceptors (Lipinski definition) is 7. The van der Waals surface area contributed by atoms with Crippen molar-refractivity contribution in [2.24, 2.45) is 0 Å². The van der Waals surface area contributed by atoms with Crippen LogP contribution in [0.15, 0.2) is 39.4 Å². The second kappa shape index (κ2) is 7.25. The zero-order valence-electron chi connectivity index (χ0n) is 14.9. The second-order valence-corrected chi connectivity index (χ2v) is 11.5. The Kier molecular flexibility index (Phi) is 5.33. The molecule has 1 aliphatic rings. The summed E-state index contributed by atoms with van der Waals surface area (Å²) >= 11 is 1.69. The quantitative estimate of drug-likeness (QED) is 0.776. The molecule has 0 bridgehead atoms. The zero-order valence-corrected chi connectivity index (χ0v) is 17.4. The van der Waals surface area contributed by atoms with E-state index in [2.05, 4.69) is 5.32 Å². The summed E-state index contributed by atoms with van der Waals surface area (Å²) in [6.45, 7) is 1.10. The maximum atomic E-state index is 12.5. The van der Waals surface area contributed by atoms with Gasteiger partial charge in [-0.15, -0.1) is 11.3 Å². The molecule has 2 heterocycles. The van der Waals surface area contributed by atoms with Gasteiger partial charge in [0.15, 0.2) is 19.7 Å². The van der Waals surface area contributed by atoms with Gasteiger partial charge in [0.1, 0.15) is 0 Å². The van der Waals surface area contributed by atoms with E-state index >= 15 is 0 Å². The van der Waals surface area contributed by atoms with Crippen molar-refractivity contribution in [3.63, 3.8) is 0 Å². The minimum atomic E-state index is -3.67. The third-order valence-corrected chi connectivity index (χ3v) is 7.64. The number of anilines is 1. The lowest BCUT2D eigenvalue weighted by Crippen LogP contribution is -2.38. The van der Waals surface area contributed by atoms with E-state index in [9.17, 15) is 21.6 Å². The molecule has 1 aromatic heterocycles. The van der Waals surface area contributed by atoms with Crippen LogP contribution in [0.2, 0.25) is 0 Å². The fourth-order valence-electron chi connectivity index (χ4n) is 2.93. The van der Waals surface area contributed by atoms with Crippen LogP contribution in [0.25, 0.3) is 0 Å². The van der Waals surface area contributed by atoms with Crippen molar-refractivity contribution in [1.82, 2.24) is 4.90 Å². The van der Waals surface area contributed by atoms with Gasteiger partial charge in [-0.3, -0.25) is 4.79 Å². The van der Waals surface area contributed by atoms with Crippen molar-refractivity contribution < 1.29 is 21.6 Å². The minimum absolute atomic E-state index is 0.0692. The molecule has 0 radical (unpaired) electrons. The number of sulfone groups is 2. The third kappa shape index (κ3) is 4.50. The number of carbonyl (C=O) groups excluding carboxylic acids is 1. The molecular formula is C17H20N2O5S3. The summed E-state index contributed by atoms with van der Waals surface area (Å²) in [4.78, 5) is 15.3. The number of hydrogen-bond donors (Lipinski definition) is 1. The lowest BCUT2D eigenvalue weighted by atomic mass is 10.1. The molecule has 1 N–H and O–H groups in total. The topological polar surface area (TPSA) is 101 Å². The van der Waals surface area contributed by atoms with Gasteiger partial charge in [0.2, 0.25) is 5.91 Å². The van der Waals surface area contributed by atoms with Crippen LogP contribution in [-0.4, -0.2) is 53.2 Å². The Hall–Kier alpha value is -1.91. The van der Waals surface area contributed by atoms with Crippen LogP contribution in [0, 0.1) is 0 Å². The van der Waals surface area contributed by atoms with E-state index in [1.165, 1.54) is 17.0 Å². The normalized spacial score (nSPS) is 14.7. The van der Waals surface area contributed by atoms with Crippen molar-refractivity contribution in [2.45, 2.75) is 22.8 Å². The van der Waals surface area contributed by atoms with Crippen LogP contribution < -0.4 is 5.32 Å². The van der Waals surface area contributed by atoms with Crippen molar-refractivity contribution >= 4 is 42.6 Å². The summed E-state index contributed by atoms with van der Waals surface area (Å²) in [7, 11) is -7.21. The maximum absolute atomic E-state index is 12.5. The smallest absolute Gasteiger partial charge is 0.242 e. The number of nitrogens with one attached hydrogen (secondary N) is 1. The number of carbonyl (C=O) groups is 1. The Labute approximate surface area is 162 Å². The Morgan fingerprint density at radius 3 is 2.56 bits per heavy atom. The molecule has 1 aromatic carbocycles. The van der Waals surface area contributed by atoms with Crippen molar-refractivity contribution in [2.75, 3.05) is 30.9 Å². The first-order chi connectivity index (χ1) is 12.6. The van der Waals surface area contributed by atoms with Crippen molar-refractivity contribution in [3.05, 3.63) is 40.1 Å². The van der Waals surface area contributed by atoms with Crippen molar-refractivity contribution in [1.29, 1.82) is 0 Å². The van der Waals surface area contributed by atoms with Gasteiger partial charge < -0.3 is 10.2 Å². The molecule has 0 saturated heterocycles. The van der Waals surface area contributed by atoms with Gasteiger partial charge in [-0.2, -0.15) is 0 Å². The molecule has 0 atom stereocenters. The standard InChI is InChI=1S/C17H20N2O5S3/c1-26(21,22)13-3-4-14(16(9-13)27(2,23)24)18-10-17(20)19-7-5-15-12(11-19)6-8-25-15/h3-4,6,8-9,18H,5,7,10-11H2,1-2H3. The fourth-order valence-corrected chi connectivity index (χ4v) is 5.42. The summed E-state index contributed by atoms with van der Waals surface area (Å²) < 4.78 is 47.5. The molecule has 1 amide bonds. The van der Waals surface area contributed by atoms with Gasteiger partial charge in [0.05, 0.1) is 22.0 Å². The maximum Gasteiger partial charge on any atom is 0.242 e. The molecule has 0 saturated carbocycles. The first kappa shape index (κ1) is 19.8. The fraction of sp³-hybridized carbons (Fsp3) is 0.353. The van der Waals surface area contributed by atoms with Crippen molar-refractivity contribution in [3.8, 4) is 0 Å². The van der Waals surface area contributed by atoms with E-state index in [4.69, 9.17) is 0 Å². The summed E-state index contributed by atoms with van der Waals surface area (Å²) in [5.74, 6) is -0.140. The molecule has 146 valence electrons. The summed E-state index contributed by atoms with van der Waals surface area (Å²) in [6, 6.07) is 5.84. The Morgan fingerprint density at radius 2 is 1.89 bits per heavy atom. The molecule has 27 heavy (non-hydrogen) atoms. The van der Waals surface area contributed by atoms with Gasteiger partial charge in [-0.05, 0) is 41.6 Å². The molecule has 3 rings (SSSR count). The highest BCUT2D eigenvalue weighted by atomic mass is 32.2. The first-order valence-electron chi connectivity index (χ1n) is 8.17. The van der Waals surface area contributed by atoms with E-state index in [1.54, 1.807) is 16.2 Å². The monoisotopic (exact) mass is 428 g/mol. The Bertz CT molecular complexity index is 1090. The number of rotatable bonds is 5. The molecule has 1 aliphatic heterocycles. The van der Waals surface area contributed by atoms with Crippen LogP contribution >= 0.6 is 11.3 Å². The number of nitrogens with zero attached hydrogens (tertiary/aromatic N) is 1. The van der Waals surface area contributed by atoms with E-state index in [1.807, 2.05) is 11.4 Å². The zero-order chi connectivity index (χ0) is 19.8. The Balaban J connectivity index is 1.77. The molecule has 0 aliphatic carbocycles. The van der Waals surface area contributed by atoms with Gasteiger partial charge in [0.25, 0.3) is 0 Å². The van der Waals surface area contributed by atoms with E-state index < -0.39 is 19.7 Å². The first-order valence-corrected chi connectivity index (χ1v) is 12.8. The molecule has 2 aromatic rings. The molecule has 7 nitrogen and oxygen atoms in total. The molecular weight excluding hydrogens is 408 g/mol. The molecule has 0 fully saturated rings. The molecule has 10 heteroatoms. The average molecular weight is 429 g/mol. The van der Waals surface area contributed by atoms with Gasteiger partial charge in [-0.25, -0.2) is 16.8 Å². The summed E-state index contributed by atoms with van der Waals surface area (Å²) in [6.07, 6.45) is 2.83. The van der Waals surface area contributed by atoms with Gasteiger partial charge >= 0.3 is 0 Å². The second-order valence-electron chi connectivity index (χ2n) is 6.49. The van der Waals surface area contributed by atoms with Crippen LogP contribution in [0.1, 0.15) is 10.4 Å². The number of fused-ring (bicyclic) bond motifs is 1. The predicted molar refractivity (Wildman–Crippen MR) is 105 cm³/mol. The highest BCUT2D eigenvalue weighted by Crippen LogP contribution is 2.26. The summed E-state index contributed by atoms with van der Waals surface area (Å²) in [5.41, 5.74) is 1.36. The predicted octanol–water partition coefficient (Wildman–Crippen LogP) is 1.55. The average Bonchev–Trinajstić information content (AvgIpc) is 3.05. The SMILES string of the molecule is CS(=O)(=O)c1ccc(NCC(=O)N2CCc3sccc3C2)c(S(C)(=O)=O)c1. The number of benzene rings is 1. The largest absolute Gasteiger partial charge is 0.375 e. The highest BCUT2D eigenvalue weighted by Gasteiger charge is 2.22. The van der Waals surface area contributed by atoms with Crippen LogP contribution in [0.4, 0.5) is 5.69 Å². The molecule has 0 unspecified atom stereocenters. The summed E-state index contributed by atoms with van der Waals surface area (Å²) in [5, 5.41) is 4.86. The van der Waals surface area contributed by atoms with E-state index in [0.717, 1.165) is 30.6 Å². The van der Waals surface area contributed by atoms with Crippen LogP contribution in [0.5, 0.6) is 0 Å². The van der Waals surface area contributed by atoms with Crippen LogP contribution in [-0.2, 0) is 37.4 Å². The van der Waals surface area contributed by atoms with Crippen LogP contribution in [0.3, 0.4) is 0 Å². The minimum Gasteiger partial charge on any atom is -0.375 e. The lowest BCUT2D eigenvalue weighted by molar-refractivity contribution is -0.130. The van der Waals surface area contributed by atoms with Gasteiger partial charge in [-0.1, -0.05) is 0 Å². The lowest BCUT2D eigenvalue weighted by Gasteiger charge is -2.27. The Morgan fingerprint density at radius 1 is 1.15 bits per heavy atom. The highest BCUT2D eigenvalue weighted by molar-refractivity contribution is 7.91. The third-order valence-electron chi connectivity index (χ3n) is 4.37.